The van der Waals surface area contributed by atoms with Gasteiger partial charge >= 0.3 is 0 Å². The smallest absolute Gasteiger partial charge is 0.270 e. The van der Waals surface area contributed by atoms with Gasteiger partial charge in [-0.1, -0.05) is 36.4 Å². The van der Waals surface area contributed by atoms with Crippen LogP contribution >= 0.6 is 11.8 Å². The standard InChI is InChI=1S/C20H13N3O4S/c24-17-9-8-14(23(26)27)10-13(17)11-18-19(25)22-20(28-18)21-16-7-3-5-12-4-1-2-6-15(12)16/h1-11,24H,(H,21,22,25)/b18-11+. The van der Waals surface area contributed by atoms with Crippen LogP contribution in [0.3, 0.4) is 0 Å². The summed E-state index contributed by atoms with van der Waals surface area (Å²) in [4.78, 5) is 27.5. The second-order valence-electron chi connectivity index (χ2n) is 5.98. The van der Waals surface area contributed by atoms with Gasteiger partial charge in [0.25, 0.3) is 11.6 Å². The molecule has 4 rings (SSSR count). The monoisotopic (exact) mass is 391 g/mol. The third-order valence-corrected chi connectivity index (χ3v) is 5.06. The number of nitrogens with zero attached hydrogens (tertiary/aromatic N) is 2. The molecule has 3 aromatic rings. The van der Waals surface area contributed by atoms with E-state index in [9.17, 15) is 20.0 Å². The van der Waals surface area contributed by atoms with Gasteiger partial charge in [-0.15, -0.1) is 0 Å². The van der Waals surface area contributed by atoms with Gasteiger partial charge < -0.3 is 10.4 Å². The topological polar surface area (TPSA) is 105 Å². The fraction of sp³-hybridized carbons (Fsp3) is 0. The number of nitrogens with one attached hydrogen (secondary N) is 1. The number of nitro benzene ring substituents is 1. The van der Waals surface area contributed by atoms with Crippen LogP contribution in [0.4, 0.5) is 11.4 Å². The Kier molecular flexibility index (Phi) is 4.54. The summed E-state index contributed by atoms with van der Waals surface area (Å²) in [6.07, 6.45) is 1.41. The van der Waals surface area contributed by atoms with Crippen LogP contribution < -0.4 is 5.32 Å². The first-order chi connectivity index (χ1) is 13.5. The van der Waals surface area contributed by atoms with E-state index in [0.717, 1.165) is 28.2 Å². The van der Waals surface area contributed by atoms with Crippen LogP contribution in [0.15, 0.2) is 70.6 Å². The first-order valence-electron chi connectivity index (χ1n) is 8.26. The lowest BCUT2D eigenvalue weighted by atomic mass is 10.1. The lowest BCUT2D eigenvalue weighted by Gasteiger charge is -2.02. The molecule has 0 bridgehead atoms. The van der Waals surface area contributed by atoms with Crippen LogP contribution in [-0.4, -0.2) is 21.1 Å². The zero-order valence-electron chi connectivity index (χ0n) is 14.3. The number of benzene rings is 3. The quantitative estimate of drug-likeness (QED) is 0.392. The number of fused-ring (bicyclic) bond motifs is 1. The van der Waals surface area contributed by atoms with Crippen LogP contribution in [-0.2, 0) is 4.79 Å². The Hall–Kier alpha value is -3.65. The summed E-state index contributed by atoms with van der Waals surface area (Å²) >= 11 is 1.11. The third-order valence-electron chi connectivity index (χ3n) is 4.15. The van der Waals surface area contributed by atoms with Crippen LogP contribution in [0.5, 0.6) is 5.75 Å². The number of phenolic OH excluding ortho intramolecular Hbond substituents is 1. The second kappa shape index (κ2) is 7.16. The fourth-order valence-electron chi connectivity index (χ4n) is 2.81. The SMILES string of the molecule is O=C1NC(=Nc2cccc3ccccc23)S/C1=C/c1cc([N+](=O)[O-])ccc1O. The van der Waals surface area contributed by atoms with Crippen molar-refractivity contribution < 1.29 is 14.8 Å². The van der Waals surface area contributed by atoms with Crippen molar-refractivity contribution in [1.29, 1.82) is 0 Å². The van der Waals surface area contributed by atoms with Crippen molar-refractivity contribution in [2.75, 3.05) is 0 Å². The average Bonchev–Trinajstić information content (AvgIpc) is 3.02. The molecule has 138 valence electrons. The maximum atomic E-state index is 12.3. The largest absolute Gasteiger partial charge is 0.507 e. The predicted molar refractivity (Wildman–Crippen MR) is 110 cm³/mol. The Morgan fingerprint density at radius 2 is 1.89 bits per heavy atom. The molecule has 7 nitrogen and oxygen atoms in total. The van der Waals surface area contributed by atoms with E-state index in [2.05, 4.69) is 10.3 Å². The minimum atomic E-state index is -0.559. The van der Waals surface area contributed by atoms with Gasteiger partial charge in [0, 0.05) is 23.1 Å². The van der Waals surface area contributed by atoms with E-state index in [4.69, 9.17) is 0 Å². The number of aliphatic imine (C=N–C) groups is 1. The van der Waals surface area contributed by atoms with Gasteiger partial charge in [-0.05, 0) is 35.4 Å². The van der Waals surface area contributed by atoms with Crippen LogP contribution in [0.25, 0.3) is 16.8 Å². The molecular weight excluding hydrogens is 378 g/mol. The number of non-ortho nitro benzene ring substituents is 1. The molecule has 0 saturated carbocycles. The van der Waals surface area contributed by atoms with Crippen molar-refractivity contribution in [3.8, 4) is 5.75 Å². The highest BCUT2D eigenvalue weighted by atomic mass is 32.2. The van der Waals surface area contributed by atoms with Gasteiger partial charge in [0.15, 0.2) is 5.17 Å². The summed E-state index contributed by atoms with van der Waals surface area (Å²) in [6.45, 7) is 0. The molecule has 0 radical (unpaired) electrons. The number of amides is 1. The summed E-state index contributed by atoms with van der Waals surface area (Å²) in [7, 11) is 0. The van der Waals surface area contributed by atoms with E-state index in [1.54, 1.807) is 0 Å². The molecule has 1 heterocycles. The fourth-order valence-corrected chi connectivity index (χ4v) is 3.63. The molecule has 0 unspecified atom stereocenters. The number of aromatic hydroxyl groups is 1. The molecule has 3 aromatic carbocycles. The van der Waals surface area contributed by atoms with Gasteiger partial charge in [-0.3, -0.25) is 14.9 Å². The van der Waals surface area contributed by atoms with Gasteiger partial charge in [-0.25, -0.2) is 4.99 Å². The third kappa shape index (κ3) is 3.45. The number of carbonyl (C=O) groups excluding carboxylic acids is 1. The molecule has 1 amide bonds. The van der Waals surface area contributed by atoms with Crippen molar-refractivity contribution >= 4 is 51.1 Å². The number of thioether (sulfide) groups is 1. The molecule has 0 aromatic heterocycles. The van der Waals surface area contributed by atoms with Crippen LogP contribution in [0.1, 0.15) is 5.56 Å². The molecule has 0 atom stereocenters. The maximum Gasteiger partial charge on any atom is 0.270 e. The summed E-state index contributed by atoms with van der Waals surface area (Å²) in [5.74, 6) is -0.527. The zero-order valence-corrected chi connectivity index (χ0v) is 15.1. The van der Waals surface area contributed by atoms with E-state index in [1.807, 2.05) is 42.5 Å². The van der Waals surface area contributed by atoms with Gasteiger partial charge in [0.2, 0.25) is 0 Å². The van der Waals surface area contributed by atoms with Gasteiger partial charge in [0.1, 0.15) is 5.75 Å². The highest BCUT2D eigenvalue weighted by Crippen LogP contribution is 2.33. The molecule has 1 aliphatic rings. The Labute approximate surface area is 163 Å². The molecule has 1 saturated heterocycles. The molecule has 8 heteroatoms. The summed E-state index contributed by atoms with van der Waals surface area (Å²) in [5, 5.41) is 26.0. The normalized spacial score (nSPS) is 16.6. The first-order valence-corrected chi connectivity index (χ1v) is 9.08. The number of rotatable bonds is 3. The minimum Gasteiger partial charge on any atom is -0.507 e. The molecule has 1 fully saturated rings. The molecule has 28 heavy (non-hydrogen) atoms. The van der Waals surface area contributed by atoms with Crippen molar-refractivity contribution in [1.82, 2.24) is 5.32 Å². The van der Waals surface area contributed by atoms with Crippen LogP contribution in [0.2, 0.25) is 0 Å². The van der Waals surface area contributed by atoms with Crippen molar-refractivity contribution in [2.24, 2.45) is 4.99 Å². The zero-order chi connectivity index (χ0) is 19.7. The number of phenols is 1. The highest BCUT2D eigenvalue weighted by molar-refractivity contribution is 8.18. The summed E-state index contributed by atoms with van der Waals surface area (Å²) in [6, 6.07) is 17.2. The van der Waals surface area contributed by atoms with E-state index in [-0.39, 0.29) is 27.8 Å². The van der Waals surface area contributed by atoms with Gasteiger partial charge in [0.05, 0.1) is 15.5 Å². The van der Waals surface area contributed by atoms with Crippen molar-refractivity contribution in [3.63, 3.8) is 0 Å². The number of amidine groups is 1. The van der Waals surface area contributed by atoms with E-state index < -0.39 is 4.92 Å². The number of nitro groups is 1. The summed E-state index contributed by atoms with van der Waals surface area (Å²) in [5.41, 5.74) is 0.747. The maximum absolute atomic E-state index is 12.3. The lowest BCUT2D eigenvalue weighted by Crippen LogP contribution is -2.19. The second-order valence-corrected chi connectivity index (χ2v) is 7.01. The van der Waals surface area contributed by atoms with Crippen molar-refractivity contribution in [3.05, 3.63) is 81.2 Å². The Morgan fingerprint density at radius 3 is 2.71 bits per heavy atom. The Morgan fingerprint density at radius 1 is 1.11 bits per heavy atom. The summed E-state index contributed by atoms with van der Waals surface area (Å²) < 4.78 is 0. The van der Waals surface area contributed by atoms with E-state index >= 15 is 0 Å². The molecule has 0 spiro atoms. The lowest BCUT2D eigenvalue weighted by molar-refractivity contribution is -0.384. The Bertz CT molecular complexity index is 1180. The van der Waals surface area contributed by atoms with Gasteiger partial charge in [-0.2, -0.15) is 0 Å². The van der Waals surface area contributed by atoms with E-state index in [1.165, 1.54) is 24.3 Å². The number of hydrogen-bond donors (Lipinski definition) is 2. The molecule has 0 aliphatic carbocycles. The highest BCUT2D eigenvalue weighted by Gasteiger charge is 2.24. The molecule has 1 aliphatic heterocycles. The minimum absolute atomic E-state index is 0.147. The predicted octanol–water partition coefficient (Wildman–Crippen LogP) is 4.35. The number of carbonyl (C=O) groups is 1. The van der Waals surface area contributed by atoms with Crippen molar-refractivity contribution in [2.45, 2.75) is 0 Å². The Balaban J connectivity index is 1.68. The molecule has 2 N–H and O–H groups in total. The molecular formula is C20H13N3O4S. The number of hydrogen-bond acceptors (Lipinski definition) is 6. The van der Waals surface area contributed by atoms with E-state index in [0.29, 0.717) is 5.17 Å². The first kappa shape index (κ1) is 17.7. The average molecular weight is 391 g/mol. The van der Waals surface area contributed by atoms with Crippen LogP contribution in [0, 0.1) is 10.1 Å².